The molecule has 15 nitrogen and oxygen atoms in total. The van der Waals surface area contributed by atoms with Gasteiger partial charge in [0.2, 0.25) is 21.8 Å². The quantitative estimate of drug-likeness (QED) is 0.195. The topological polar surface area (TPSA) is 208 Å². The maximum Gasteiger partial charge on any atom is 0.406 e. The van der Waals surface area contributed by atoms with E-state index < -0.39 is 16.1 Å². The summed E-state index contributed by atoms with van der Waals surface area (Å²) in [5, 5.41) is 17.9. The molecule has 0 saturated carbocycles. The van der Waals surface area contributed by atoms with Crippen molar-refractivity contribution in [1.29, 1.82) is 0 Å². The number of amides is 5. The molecule has 0 atom stereocenters. The molecule has 0 aromatic carbocycles. The summed E-state index contributed by atoms with van der Waals surface area (Å²) in [6.07, 6.45) is 0.697. The summed E-state index contributed by atoms with van der Waals surface area (Å²) in [5.74, 6) is 0.00926. The highest BCUT2D eigenvalue weighted by molar-refractivity contribution is 7.88. The largest absolute Gasteiger partial charge is 0.453 e. The summed E-state index contributed by atoms with van der Waals surface area (Å²) >= 11 is 4.63. The molecule has 41 heavy (non-hydrogen) atoms. The van der Waals surface area contributed by atoms with E-state index in [9.17, 15) is 27.6 Å². The molecule has 0 fully saturated rings. The molecular weight excluding hydrogens is 576 g/mol. The van der Waals surface area contributed by atoms with Gasteiger partial charge >= 0.3 is 12.1 Å². The highest BCUT2D eigenvalue weighted by Gasteiger charge is 1.88. The Morgan fingerprint density at radius 3 is 0.780 bits per heavy atom. The van der Waals surface area contributed by atoms with Crippen molar-refractivity contribution in [2.24, 2.45) is 0 Å². The third-order valence-electron chi connectivity index (χ3n) is 2.37. The lowest BCUT2D eigenvalue weighted by atomic mass is 10.7. The third kappa shape index (κ3) is 176. The van der Waals surface area contributed by atoms with Gasteiger partial charge in [-0.05, 0) is 19.3 Å². The van der Waals surface area contributed by atoms with Crippen LogP contribution in [-0.2, 0) is 24.3 Å². The van der Waals surface area contributed by atoms with Gasteiger partial charge in [0.25, 0.3) is 0 Å². The number of alkyl carbamates (subject to hydrolysis) is 1. The second-order valence-corrected chi connectivity index (χ2v) is 7.35. The van der Waals surface area contributed by atoms with Crippen molar-refractivity contribution in [2.75, 3.05) is 69.7 Å². The normalized spacial score (nSPS) is 6.44. The van der Waals surface area contributed by atoms with Crippen LogP contribution < -0.4 is 41.9 Å². The van der Waals surface area contributed by atoms with Crippen molar-refractivity contribution < 1.29 is 32.3 Å². The Balaban J connectivity index is -0.0000000202. The number of methoxy groups -OCH3 is 1. The SMILES string of the molecule is C.C.C.C.C.C.C.CNC(=O)NC.CNC(=O)OC.CNC(=S)NC.CNC(C)=O.CNC(C)=O.CNS(C)(=O)=O. The van der Waals surface area contributed by atoms with Crippen molar-refractivity contribution in [1.82, 2.24) is 41.9 Å². The van der Waals surface area contributed by atoms with Gasteiger partial charge in [0, 0.05) is 63.2 Å². The molecule has 0 saturated heterocycles. The fourth-order valence-corrected chi connectivity index (χ4v) is 0.352. The van der Waals surface area contributed by atoms with Crippen LogP contribution in [0.3, 0.4) is 0 Å². The van der Waals surface area contributed by atoms with Gasteiger partial charge in [0.05, 0.1) is 13.4 Å². The summed E-state index contributed by atoms with van der Waals surface area (Å²) in [6.45, 7) is 2.94. The first-order valence-corrected chi connectivity index (χ1v) is 11.6. The van der Waals surface area contributed by atoms with E-state index in [-0.39, 0.29) is 69.8 Å². The van der Waals surface area contributed by atoms with Crippen LogP contribution in [0.2, 0.25) is 0 Å². The zero-order valence-corrected chi connectivity index (χ0v) is 23.8. The van der Waals surface area contributed by atoms with Crippen LogP contribution in [0.25, 0.3) is 0 Å². The molecule has 0 bridgehead atoms. The number of sulfonamides is 1. The molecule has 0 aliphatic heterocycles. The van der Waals surface area contributed by atoms with Crippen molar-refractivity contribution in [3.8, 4) is 0 Å². The number of hydrogen-bond donors (Lipinski definition) is 8. The van der Waals surface area contributed by atoms with Gasteiger partial charge in [-0.2, -0.15) is 0 Å². The lowest BCUT2D eigenvalue weighted by molar-refractivity contribution is -0.119. The maximum absolute atomic E-state index is 9.96. The number of thiocarbonyl (C=S) groups is 1. The predicted octanol–water partition coefficient (Wildman–Crippen LogP) is 2.35. The molecule has 0 radical (unpaired) electrons. The van der Waals surface area contributed by atoms with E-state index >= 15 is 0 Å². The van der Waals surface area contributed by atoms with Crippen LogP contribution >= 0.6 is 12.2 Å². The minimum absolute atomic E-state index is 0. The lowest BCUT2D eigenvalue weighted by Crippen LogP contribution is -2.28. The van der Waals surface area contributed by atoms with E-state index in [0.29, 0.717) is 5.11 Å². The van der Waals surface area contributed by atoms with Crippen molar-refractivity contribution in [3.63, 3.8) is 0 Å². The molecule has 0 aromatic heterocycles. The second kappa shape index (κ2) is 65.8. The van der Waals surface area contributed by atoms with E-state index in [4.69, 9.17) is 0 Å². The Morgan fingerprint density at radius 2 is 0.780 bits per heavy atom. The van der Waals surface area contributed by atoms with Crippen molar-refractivity contribution in [3.05, 3.63) is 0 Å². The fourth-order valence-electron chi connectivity index (χ4n) is 0.352. The summed E-state index contributed by atoms with van der Waals surface area (Å²) < 4.78 is 26.0. The van der Waals surface area contributed by atoms with Crippen LogP contribution in [0.4, 0.5) is 9.59 Å². The number of ether oxygens (including phenoxy) is 1. The first kappa shape index (κ1) is 83.2. The first-order valence-electron chi connectivity index (χ1n) is 9.33. The molecule has 0 aliphatic carbocycles. The number of hydrogen-bond acceptors (Lipinski definition) is 8. The fraction of sp³-hybridized carbons (Fsp3) is 0.792. The average molecular weight is 649 g/mol. The molecular formula is C24H72N8O7S2. The van der Waals surface area contributed by atoms with Crippen LogP contribution in [0.15, 0.2) is 0 Å². The minimum Gasteiger partial charge on any atom is -0.453 e. The Kier molecular flexibility index (Phi) is 134. The second-order valence-electron chi connectivity index (χ2n) is 4.99. The third-order valence-corrected chi connectivity index (χ3v) is 3.52. The summed E-state index contributed by atoms with van der Waals surface area (Å²) in [6, 6.07) is -0.157. The maximum atomic E-state index is 9.96. The number of carbonyl (C=O) groups is 4. The van der Waals surface area contributed by atoms with Gasteiger partial charge < -0.3 is 42.0 Å². The Hall–Kier alpha value is -2.92. The Labute approximate surface area is 260 Å². The molecule has 0 aliphatic rings. The van der Waals surface area contributed by atoms with Crippen molar-refractivity contribution in [2.45, 2.75) is 65.8 Å². The average Bonchev–Trinajstić information content (AvgIpc) is 2.83. The van der Waals surface area contributed by atoms with Gasteiger partial charge in [0.1, 0.15) is 0 Å². The number of rotatable bonds is 1. The highest BCUT2D eigenvalue weighted by Crippen LogP contribution is 1.63. The van der Waals surface area contributed by atoms with Gasteiger partial charge in [-0.25, -0.2) is 22.7 Å². The number of nitrogens with one attached hydrogen (secondary N) is 8. The monoisotopic (exact) mass is 648 g/mol. The van der Waals surface area contributed by atoms with E-state index in [2.05, 4.69) is 58.9 Å². The molecule has 8 N–H and O–H groups in total. The molecule has 0 unspecified atom stereocenters. The summed E-state index contributed by atoms with van der Waals surface area (Å²) in [4.78, 5) is 39.2. The smallest absolute Gasteiger partial charge is 0.406 e. The van der Waals surface area contributed by atoms with Gasteiger partial charge in [-0.3, -0.25) is 9.59 Å². The van der Waals surface area contributed by atoms with E-state index in [1.807, 2.05) is 0 Å². The van der Waals surface area contributed by atoms with Crippen molar-refractivity contribution >= 4 is 51.3 Å². The molecule has 0 rings (SSSR count). The zero-order chi connectivity index (χ0) is 28.8. The van der Waals surface area contributed by atoms with Crippen LogP contribution in [0, 0.1) is 0 Å². The molecule has 0 heterocycles. The lowest BCUT2D eigenvalue weighted by Gasteiger charge is -1.95. The van der Waals surface area contributed by atoms with Crippen LogP contribution in [-0.4, -0.2) is 107 Å². The predicted molar refractivity (Wildman–Crippen MR) is 186 cm³/mol. The van der Waals surface area contributed by atoms with Gasteiger partial charge in [0.15, 0.2) is 5.11 Å². The molecule has 0 spiro atoms. The molecule has 262 valence electrons. The van der Waals surface area contributed by atoms with Crippen LogP contribution in [0.1, 0.15) is 65.8 Å². The summed E-state index contributed by atoms with van der Waals surface area (Å²) in [7, 11) is 11.2. The zero-order valence-electron chi connectivity index (χ0n) is 22.2. The minimum atomic E-state index is -2.91. The Morgan fingerprint density at radius 1 is 0.561 bits per heavy atom. The van der Waals surface area contributed by atoms with Gasteiger partial charge in [-0.15, -0.1) is 0 Å². The number of carbonyl (C=O) groups excluding carboxylic acids is 4. The Bertz CT molecular complexity index is 569. The summed E-state index contributed by atoms with van der Waals surface area (Å²) in [5.41, 5.74) is 0. The van der Waals surface area contributed by atoms with Crippen LogP contribution in [0.5, 0.6) is 0 Å². The highest BCUT2D eigenvalue weighted by atomic mass is 32.2. The van der Waals surface area contributed by atoms with E-state index in [0.717, 1.165) is 6.26 Å². The van der Waals surface area contributed by atoms with Gasteiger partial charge in [-0.1, -0.05) is 52.0 Å². The molecule has 17 heteroatoms. The molecule has 5 amide bonds. The first-order chi connectivity index (χ1) is 15.5. The number of urea groups is 1. The van der Waals surface area contributed by atoms with E-state index in [1.165, 1.54) is 35.1 Å². The van der Waals surface area contributed by atoms with E-state index in [1.54, 1.807) is 42.3 Å². The molecule has 0 aromatic rings. The standard InChI is InChI=1S/C3H8N2O.C3H8N2S.C3H7NO2.2C3H7NO.C2H7NO2S.7CH4/c2*1-4-3(6)5-2;1-4-3(5)6-2;2*1-3(5)4-2;1-3-6(2,4)5;;;;;;;/h2*1-2H3,(H2,4,5,6);1-2H3,(H,4,5);2*1-2H3,(H,4,5);3H,1-2H3;7*1H4.